The van der Waals surface area contributed by atoms with Crippen molar-refractivity contribution in [3.8, 4) is 17.6 Å². The molecule has 0 atom stereocenters. The Balaban J connectivity index is 2.14. The maximum atomic E-state index is 12.2. The van der Waals surface area contributed by atoms with Gasteiger partial charge in [-0.1, -0.05) is 12.1 Å². The number of para-hydroxylation sites is 1. The summed E-state index contributed by atoms with van der Waals surface area (Å²) in [6, 6.07) is 14.3. The number of aromatic nitrogens is 2. The average molecular weight is 333 g/mol. The normalized spacial score (nSPS) is 11.2. The van der Waals surface area contributed by atoms with Gasteiger partial charge in [0, 0.05) is 11.6 Å². The molecule has 1 N–H and O–H groups in total. The molecule has 0 unspecified atom stereocenters. The fourth-order valence-electron chi connectivity index (χ4n) is 2.46. The summed E-state index contributed by atoms with van der Waals surface area (Å²) in [5, 5.41) is 10.00. The van der Waals surface area contributed by atoms with E-state index in [1.807, 2.05) is 0 Å². The van der Waals surface area contributed by atoms with Crippen LogP contribution >= 0.6 is 0 Å². The van der Waals surface area contributed by atoms with Crippen LogP contribution in [0.4, 0.5) is 0 Å². The second kappa shape index (κ2) is 6.89. The summed E-state index contributed by atoms with van der Waals surface area (Å²) in [4.78, 5) is 19.2. The number of H-pyrrole nitrogens is 1. The molecular weight excluding hydrogens is 318 g/mol. The highest BCUT2D eigenvalue weighted by atomic mass is 16.5. The Morgan fingerprint density at radius 3 is 2.72 bits per heavy atom. The molecule has 0 fully saturated rings. The van der Waals surface area contributed by atoms with Crippen LogP contribution in [0.25, 0.3) is 22.6 Å². The minimum atomic E-state index is -0.288. The zero-order valence-electron chi connectivity index (χ0n) is 13.7. The molecule has 6 nitrogen and oxygen atoms in total. The van der Waals surface area contributed by atoms with Crippen molar-refractivity contribution in [1.82, 2.24) is 9.97 Å². The molecule has 0 saturated heterocycles. The van der Waals surface area contributed by atoms with E-state index in [1.54, 1.807) is 55.7 Å². The lowest BCUT2D eigenvalue weighted by molar-refractivity contribution is 0.394. The van der Waals surface area contributed by atoms with Crippen molar-refractivity contribution in [1.29, 1.82) is 5.26 Å². The van der Waals surface area contributed by atoms with E-state index in [0.29, 0.717) is 28.0 Å². The molecule has 3 rings (SSSR count). The van der Waals surface area contributed by atoms with Gasteiger partial charge in [0.05, 0.1) is 30.7 Å². The van der Waals surface area contributed by atoms with Gasteiger partial charge in [0.15, 0.2) is 5.82 Å². The first-order valence-corrected chi connectivity index (χ1v) is 7.49. The molecule has 25 heavy (non-hydrogen) atoms. The van der Waals surface area contributed by atoms with Crippen molar-refractivity contribution >= 4 is 22.6 Å². The second-order valence-electron chi connectivity index (χ2n) is 5.21. The SMILES string of the molecule is COc1ccc(/C=C(/C#N)c2nc3ccccc3c(=O)[nH]2)c(OC)c1. The van der Waals surface area contributed by atoms with Gasteiger partial charge in [-0.25, -0.2) is 4.98 Å². The first-order chi connectivity index (χ1) is 12.2. The summed E-state index contributed by atoms with van der Waals surface area (Å²) in [6.45, 7) is 0. The van der Waals surface area contributed by atoms with Crippen molar-refractivity contribution in [3.63, 3.8) is 0 Å². The van der Waals surface area contributed by atoms with Crippen molar-refractivity contribution in [2.75, 3.05) is 14.2 Å². The molecule has 0 bridgehead atoms. The summed E-state index contributed by atoms with van der Waals surface area (Å²) in [7, 11) is 3.10. The van der Waals surface area contributed by atoms with Gasteiger partial charge in [-0.15, -0.1) is 0 Å². The minimum absolute atomic E-state index is 0.212. The van der Waals surface area contributed by atoms with E-state index in [2.05, 4.69) is 16.0 Å². The van der Waals surface area contributed by atoms with Gasteiger partial charge in [0.1, 0.15) is 17.6 Å². The highest BCUT2D eigenvalue weighted by Gasteiger charge is 2.10. The van der Waals surface area contributed by atoms with Crippen molar-refractivity contribution < 1.29 is 9.47 Å². The Labute approximate surface area is 144 Å². The summed E-state index contributed by atoms with van der Waals surface area (Å²) in [6.07, 6.45) is 1.62. The monoisotopic (exact) mass is 333 g/mol. The van der Waals surface area contributed by atoms with Crippen LogP contribution in [0.2, 0.25) is 0 Å². The third-order valence-corrected chi connectivity index (χ3v) is 3.73. The zero-order chi connectivity index (χ0) is 17.8. The predicted octanol–water partition coefficient (Wildman–Crippen LogP) is 3.00. The third-order valence-electron chi connectivity index (χ3n) is 3.73. The molecule has 0 aliphatic carbocycles. The summed E-state index contributed by atoms with van der Waals surface area (Å²) >= 11 is 0. The maximum absolute atomic E-state index is 12.2. The number of nitrogens with zero attached hydrogens (tertiary/aromatic N) is 2. The van der Waals surface area contributed by atoms with E-state index < -0.39 is 0 Å². The Hall–Kier alpha value is -3.59. The fourth-order valence-corrected chi connectivity index (χ4v) is 2.46. The first kappa shape index (κ1) is 16.3. The van der Waals surface area contributed by atoms with E-state index in [4.69, 9.17) is 9.47 Å². The molecule has 124 valence electrons. The molecule has 1 aromatic heterocycles. The number of benzene rings is 2. The Morgan fingerprint density at radius 1 is 1.20 bits per heavy atom. The van der Waals surface area contributed by atoms with Gasteiger partial charge >= 0.3 is 0 Å². The molecule has 6 heteroatoms. The van der Waals surface area contributed by atoms with E-state index in [9.17, 15) is 10.1 Å². The molecule has 0 aliphatic rings. The van der Waals surface area contributed by atoms with Crippen LogP contribution in [-0.4, -0.2) is 24.2 Å². The smallest absolute Gasteiger partial charge is 0.259 e. The molecule has 0 radical (unpaired) electrons. The molecular formula is C19H15N3O3. The summed E-state index contributed by atoms with van der Waals surface area (Å²) in [5.41, 5.74) is 1.15. The first-order valence-electron chi connectivity index (χ1n) is 7.49. The second-order valence-corrected chi connectivity index (χ2v) is 5.21. The van der Waals surface area contributed by atoms with E-state index in [1.165, 1.54) is 7.11 Å². The van der Waals surface area contributed by atoms with E-state index in [0.717, 1.165) is 0 Å². The standard InChI is InChI=1S/C19H15N3O3/c1-24-14-8-7-12(17(10-14)25-2)9-13(11-20)18-21-16-6-4-3-5-15(16)19(23)22-18/h3-10H,1-2H3,(H,21,22,23)/b13-9-. The van der Waals surface area contributed by atoms with E-state index >= 15 is 0 Å². The number of rotatable bonds is 4. The summed E-state index contributed by atoms with van der Waals surface area (Å²) < 4.78 is 10.5. The van der Waals surface area contributed by atoms with Crippen LogP contribution in [-0.2, 0) is 0 Å². The number of methoxy groups -OCH3 is 2. The Morgan fingerprint density at radius 2 is 2.00 bits per heavy atom. The number of hydrogen-bond donors (Lipinski definition) is 1. The van der Waals surface area contributed by atoms with Gasteiger partial charge in [0.2, 0.25) is 0 Å². The van der Waals surface area contributed by atoms with Gasteiger partial charge in [-0.2, -0.15) is 5.26 Å². The highest BCUT2D eigenvalue weighted by Crippen LogP contribution is 2.27. The highest BCUT2D eigenvalue weighted by molar-refractivity contribution is 5.90. The van der Waals surface area contributed by atoms with Crippen LogP contribution in [0.1, 0.15) is 11.4 Å². The number of fused-ring (bicyclic) bond motifs is 1. The zero-order valence-corrected chi connectivity index (χ0v) is 13.7. The van der Waals surface area contributed by atoms with Crippen LogP contribution in [0.5, 0.6) is 11.5 Å². The number of hydrogen-bond acceptors (Lipinski definition) is 5. The molecule has 1 heterocycles. The van der Waals surface area contributed by atoms with Crippen LogP contribution in [0, 0.1) is 11.3 Å². The number of ether oxygens (including phenoxy) is 2. The van der Waals surface area contributed by atoms with Crippen molar-refractivity contribution in [2.45, 2.75) is 0 Å². The van der Waals surface area contributed by atoms with Gasteiger partial charge in [-0.05, 0) is 30.3 Å². The topological polar surface area (TPSA) is 88.0 Å². The molecule has 0 amide bonds. The van der Waals surface area contributed by atoms with Gasteiger partial charge < -0.3 is 14.5 Å². The average Bonchev–Trinajstić information content (AvgIpc) is 2.66. The van der Waals surface area contributed by atoms with Crippen molar-refractivity contribution in [2.24, 2.45) is 0 Å². The molecule has 0 saturated carbocycles. The number of allylic oxidation sites excluding steroid dienone is 1. The molecule has 3 aromatic rings. The molecule has 0 spiro atoms. The molecule has 0 aliphatic heterocycles. The van der Waals surface area contributed by atoms with Crippen LogP contribution < -0.4 is 15.0 Å². The lowest BCUT2D eigenvalue weighted by Gasteiger charge is -2.08. The van der Waals surface area contributed by atoms with Gasteiger partial charge in [-0.3, -0.25) is 4.79 Å². The van der Waals surface area contributed by atoms with Crippen molar-refractivity contribution in [3.05, 3.63) is 64.2 Å². The predicted molar refractivity (Wildman–Crippen MR) is 95.4 cm³/mol. The lowest BCUT2D eigenvalue weighted by atomic mass is 10.1. The van der Waals surface area contributed by atoms with Gasteiger partial charge in [0.25, 0.3) is 5.56 Å². The van der Waals surface area contributed by atoms with E-state index in [-0.39, 0.29) is 17.0 Å². The lowest BCUT2D eigenvalue weighted by Crippen LogP contribution is -2.11. The van der Waals surface area contributed by atoms with Crippen LogP contribution in [0.3, 0.4) is 0 Å². The summed E-state index contributed by atoms with van der Waals surface area (Å²) in [5.74, 6) is 1.41. The third kappa shape index (κ3) is 3.21. The minimum Gasteiger partial charge on any atom is -0.497 e. The largest absolute Gasteiger partial charge is 0.497 e. The number of aromatic amines is 1. The van der Waals surface area contributed by atoms with Crippen LogP contribution in [0.15, 0.2) is 47.3 Å². The number of nitriles is 1. The molecule has 2 aromatic carbocycles. The number of nitrogens with one attached hydrogen (secondary N) is 1. The Bertz CT molecular complexity index is 1060. The quantitative estimate of drug-likeness (QED) is 0.742. The maximum Gasteiger partial charge on any atom is 0.259 e. The Kier molecular flexibility index (Phi) is 4.48. The fraction of sp³-hybridized carbons (Fsp3) is 0.105.